The van der Waals surface area contributed by atoms with Gasteiger partial charge in [-0.3, -0.25) is 4.79 Å². The van der Waals surface area contributed by atoms with Gasteiger partial charge < -0.3 is 14.6 Å². The van der Waals surface area contributed by atoms with E-state index in [2.05, 4.69) is 0 Å². The standard InChI is InChI=1S/C10H11ClO4/c1-14-9-3-6(8(13)5-11)7(12)4-10(9)15-2/h3-4,12H,5H2,1-2H3. The number of alkyl halides is 1. The molecule has 1 aromatic carbocycles. The number of carbonyl (C=O) groups is 1. The van der Waals surface area contributed by atoms with Gasteiger partial charge >= 0.3 is 0 Å². The van der Waals surface area contributed by atoms with Crippen molar-refractivity contribution in [2.75, 3.05) is 20.1 Å². The molecule has 0 unspecified atom stereocenters. The predicted octanol–water partition coefficient (Wildman–Crippen LogP) is 1.83. The van der Waals surface area contributed by atoms with E-state index in [1.807, 2.05) is 0 Å². The van der Waals surface area contributed by atoms with Crippen molar-refractivity contribution in [3.05, 3.63) is 17.7 Å². The van der Waals surface area contributed by atoms with Crippen LogP contribution in [0.4, 0.5) is 0 Å². The number of carbonyl (C=O) groups excluding carboxylic acids is 1. The second kappa shape index (κ2) is 4.89. The van der Waals surface area contributed by atoms with Crippen molar-refractivity contribution in [1.29, 1.82) is 0 Å². The Hall–Kier alpha value is -1.42. The lowest BCUT2D eigenvalue weighted by molar-refractivity contribution is 0.101. The van der Waals surface area contributed by atoms with Gasteiger partial charge in [-0.15, -0.1) is 11.6 Å². The van der Waals surface area contributed by atoms with Crippen LogP contribution in [-0.2, 0) is 0 Å². The highest BCUT2D eigenvalue weighted by molar-refractivity contribution is 6.30. The molecule has 5 heteroatoms. The molecule has 0 saturated carbocycles. The smallest absolute Gasteiger partial charge is 0.181 e. The summed E-state index contributed by atoms with van der Waals surface area (Å²) in [7, 11) is 2.89. The van der Waals surface area contributed by atoms with Crippen LogP contribution in [0.5, 0.6) is 17.2 Å². The van der Waals surface area contributed by atoms with E-state index in [1.54, 1.807) is 0 Å². The monoisotopic (exact) mass is 230 g/mol. The molecule has 1 rings (SSSR count). The zero-order chi connectivity index (χ0) is 11.4. The van der Waals surface area contributed by atoms with Gasteiger partial charge in [-0.2, -0.15) is 0 Å². The number of aromatic hydroxyl groups is 1. The molecule has 4 nitrogen and oxygen atoms in total. The van der Waals surface area contributed by atoms with Gasteiger partial charge in [0, 0.05) is 6.07 Å². The third kappa shape index (κ3) is 2.33. The first-order valence-corrected chi connectivity index (χ1v) is 4.71. The van der Waals surface area contributed by atoms with Gasteiger partial charge in [0.05, 0.1) is 25.7 Å². The van der Waals surface area contributed by atoms with Crippen molar-refractivity contribution in [2.24, 2.45) is 0 Å². The molecule has 0 spiro atoms. The highest BCUT2D eigenvalue weighted by Crippen LogP contribution is 2.34. The number of hydrogen-bond donors (Lipinski definition) is 1. The average Bonchev–Trinajstić information content (AvgIpc) is 2.27. The molecule has 0 atom stereocenters. The lowest BCUT2D eigenvalue weighted by Gasteiger charge is -2.10. The molecule has 0 bridgehead atoms. The number of rotatable bonds is 4. The van der Waals surface area contributed by atoms with Crippen LogP contribution >= 0.6 is 11.6 Å². The zero-order valence-electron chi connectivity index (χ0n) is 8.41. The largest absolute Gasteiger partial charge is 0.507 e. The molecular formula is C10H11ClO4. The minimum Gasteiger partial charge on any atom is -0.507 e. The van der Waals surface area contributed by atoms with E-state index in [0.717, 1.165) is 0 Å². The van der Waals surface area contributed by atoms with Crippen LogP contribution in [0.15, 0.2) is 12.1 Å². The fraction of sp³-hybridized carbons (Fsp3) is 0.300. The Balaban J connectivity index is 3.25. The molecule has 0 aliphatic carbocycles. The Kier molecular flexibility index (Phi) is 3.80. The Morgan fingerprint density at radius 3 is 2.33 bits per heavy atom. The number of halogens is 1. The van der Waals surface area contributed by atoms with Crippen molar-refractivity contribution >= 4 is 17.4 Å². The first-order chi connectivity index (χ1) is 7.13. The first-order valence-electron chi connectivity index (χ1n) is 4.18. The number of ether oxygens (including phenoxy) is 2. The third-order valence-electron chi connectivity index (χ3n) is 1.92. The molecule has 0 amide bonds. The minimum atomic E-state index is -0.366. The SMILES string of the molecule is COc1cc(O)c(C(=O)CCl)cc1OC. The fourth-order valence-corrected chi connectivity index (χ4v) is 1.31. The van der Waals surface area contributed by atoms with Crippen molar-refractivity contribution in [3.63, 3.8) is 0 Å². The normalized spacial score (nSPS) is 9.80. The first kappa shape index (κ1) is 11.7. The van der Waals surface area contributed by atoms with Crippen LogP contribution < -0.4 is 9.47 Å². The minimum absolute atomic E-state index is 0.127. The number of Topliss-reactive ketones (excluding diaryl/α,β-unsaturated/α-hetero) is 1. The molecule has 1 aromatic rings. The topological polar surface area (TPSA) is 55.8 Å². The van der Waals surface area contributed by atoms with Crippen molar-refractivity contribution < 1.29 is 19.4 Å². The van der Waals surface area contributed by atoms with Crippen LogP contribution in [0.2, 0.25) is 0 Å². The number of hydrogen-bond acceptors (Lipinski definition) is 4. The number of ketones is 1. The van der Waals surface area contributed by atoms with Crippen molar-refractivity contribution in [1.82, 2.24) is 0 Å². The van der Waals surface area contributed by atoms with E-state index in [0.29, 0.717) is 11.5 Å². The Labute approximate surface area is 92.4 Å². The second-order valence-electron chi connectivity index (χ2n) is 2.78. The van der Waals surface area contributed by atoms with E-state index < -0.39 is 0 Å². The van der Waals surface area contributed by atoms with Crippen LogP contribution in [-0.4, -0.2) is 31.0 Å². The van der Waals surface area contributed by atoms with Crippen LogP contribution in [0, 0.1) is 0 Å². The number of phenols is 1. The molecule has 0 aliphatic heterocycles. The Morgan fingerprint density at radius 1 is 1.33 bits per heavy atom. The highest BCUT2D eigenvalue weighted by atomic mass is 35.5. The summed E-state index contributed by atoms with van der Waals surface area (Å²) in [6.07, 6.45) is 0. The Morgan fingerprint density at radius 2 is 1.87 bits per heavy atom. The summed E-state index contributed by atoms with van der Waals surface area (Å²) in [5.41, 5.74) is 0.127. The lowest BCUT2D eigenvalue weighted by Crippen LogP contribution is -2.02. The summed E-state index contributed by atoms with van der Waals surface area (Å²) in [4.78, 5) is 11.3. The van der Waals surface area contributed by atoms with Gasteiger partial charge in [0.25, 0.3) is 0 Å². The molecule has 0 aliphatic rings. The summed E-state index contributed by atoms with van der Waals surface area (Å²) >= 11 is 5.39. The van der Waals surface area contributed by atoms with Gasteiger partial charge in [-0.05, 0) is 6.07 Å². The summed E-state index contributed by atoms with van der Waals surface area (Å²) < 4.78 is 9.95. The van der Waals surface area contributed by atoms with E-state index in [-0.39, 0.29) is 23.0 Å². The predicted molar refractivity (Wildman–Crippen MR) is 56.3 cm³/mol. The van der Waals surface area contributed by atoms with Crippen LogP contribution in [0.3, 0.4) is 0 Å². The summed E-state index contributed by atoms with van der Waals surface area (Å²) in [5, 5.41) is 9.53. The molecule has 1 N–H and O–H groups in total. The maximum absolute atomic E-state index is 11.3. The maximum atomic E-state index is 11.3. The third-order valence-corrected chi connectivity index (χ3v) is 2.17. The molecule has 0 heterocycles. The summed E-state index contributed by atoms with van der Waals surface area (Å²) in [5.74, 6) is 0.0153. The quantitative estimate of drug-likeness (QED) is 0.633. The zero-order valence-corrected chi connectivity index (χ0v) is 9.17. The molecule has 0 radical (unpaired) electrons. The highest BCUT2D eigenvalue weighted by Gasteiger charge is 2.15. The van der Waals surface area contributed by atoms with E-state index in [4.69, 9.17) is 21.1 Å². The molecular weight excluding hydrogens is 220 g/mol. The lowest BCUT2D eigenvalue weighted by atomic mass is 10.1. The summed E-state index contributed by atoms with van der Waals surface area (Å²) in [6, 6.07) is 2.72. The number of phenolic OH excluding ortho intramolecular Hbond substituents is 1. The Bertz CT molecular complexity index is 376. The fourth-order valence-electron chi connectivity index (χ4n) is 1.16. The maximum Gasteiger partial charge on any atom is 0.181 e. The second-order valence-corrected chi connectivity index (χ2v) is 3.05. The van der Waals surface area contributed by atoms with Gasteiger partial charge in [-0.1, -0.05) is 0 Å². The van der Waals surface area contributed by atoms with Gasteiger partial charge in [0.15, 0.2) is 17.3 Å². The summed E-state index contributed by atoms with van der Waals surface area (Å²) in [6.45, 7) is 0. The van der Waals surface area contributed by atoms with E-state index in [9.17, 15) is 9.90 Å². The van der Waals surface area contributed by atoms with Crippen LogP contribution in [0.1, 0.15) is 10.4 Å². The van der Waals surface area contributed by atoms with E-state index >= 15 is 0 Å². The van der Waals surface area contributed by atoms with Gasteiger partial charge in [0.1, 0.15) is 5.75 Å². The van der Waals surface area contributed by atoms with Crippen molar-refractivity contribution in [2.45, 2.75) is 0 Å². The average molecular weight is 231 g/mol. The number of benzene rings is 1. The van der Waals surface area contributed by atoms with Gasteiger partial charge in [-0.25, -0.2) is 0 Å². The molecule has 82 valence electrons. The molecule has 0 saturated heterocycles. The van der Waals surface area contributed by atoms with Crippen molar-refractivity contribution in [3.8, 4) is 17.2 Å². The molecule has 0 fully saturated rings. The molecule has 0 aromatic heterocycles. The van der Waals surface area contributed by atoms with Gasteiger partial charge in [0.2, 0.25) is 0 Å². The van der Waals surface area contributed by atoms with Crippen LogP contribution in [0.25, 0.3) is 0 Å². The number of methoxy groups -OCH3 is 2. The van der Waals surface area contributed by atoms with E-state index in [1.165, 1.54) is 26.4 Å². The molecule has 15 heavy (non-hydrogen) atoms.